The number of rotatable bonds is 4. The summed E-state index contributed by atoms with van der Waals surface area (Å²) in [7, 11) is 0. The molecule has 3 N–H and O–H groups in total. The highest BCUT2D eigenvalue weighted by Gasteiger charge is 2.35. The monoisotopic (exact) mass is 366 g/mol. The summed E-state index contributed by atoms with van der Waals surface area (Å²) in [6, 6.07) is 10.4. The van der Waals surface area contributed by atoms with Crippen LogP contribution >= 0.6 is 0 Å². The highest BCUT2D eigenvalue weighted by Crippen LogP contribution is 2.35. The fourth-order valence-corrected chi connectivity index (χ4v) is 3.17. The van der Waals surface area contributed by atoms with Crippen LogP contribution in [0.4, 0.5) is 5.69 Å². The van der Waals surface area contributed by atoms with Gasteiger partial charge in [0.05, 0.1) is 23.1 Å². The minimum atomic E-state index is -1.12. The van der Waals surface area contributed by atoms with Crippen LogP contribution in [0.25, 0.3) is 16.9 Å². The molecule has 0 saturated heterocycles. The van der Waals surface area contributed by atoms with Crippen LogP contribution in [0.15, 0.2) is 48.7 Å². The number of benzene rings is 2. The number of nitrogens with zero attached hydrogens (tertiary/aromatic N) is 4. The highest BCUT2D eigenvalue weighted by molar-refractivity contribution is 5.89. The van der Waals surface area contributed by atoms with Gasteiger partial charge in [0.15, 0.2) is 6.04 Å². The van der Waals surface area contributed by atoms with Gasteiger partial charge in [0, 0.05) is 17.5 Å². The molecule has 27 heavy (non-hydrogen) atoms. The zero-order valence-electron chi connectivity index (χ0n) is 13.9. The second-order valence-electron chi connectivity index (χ2n) is 6.11. The number of carboxylic acids is 2. The summed E-state index contributed by atoms with van der Waals surface area (Å²) < 4.78 is 1.49. The molecule has 0 radical (unpaired) electrons. The minimum absolute atomic E-state index is 0.126. The maximum Gasteiger partial charge on any atom is 0.335 e. The van der Waals surface area contributed by atoms with Crippen molar-refractivity contribution in [3.05, 3.63) is 59.8 Å². The van der Waals surface area contributed by atoms with Crippen LogP contribution in [-0.2, 0) is 11.2 Å². The van der Waals surface area contributed by atoms with Crippen molar-refractivity contribution in [2.45, 2.75) is 12.5 Å². The van der Waals surface area contributed by atoms with Gasteiger partial charge in [-0.3, -0.25) is 5.21 Å². The van der Waals surface area contributed by atoms with E-state index in [1.165, 1.54) is 16.8 Å². The molecule has 0 amide bonds. The van der Waals surface area contributed by atoms with Crippen molar-refractivity contribution >= 4 is 17.6 Å². The van der Waals surface area contributed by atoms with Gasteiger partial charge in [0.2, 0.25) is 0 Å². The molecule has 136 valence electrons. The molecule has 4 rings (SSSR count). The lowest BCUT2D eigenvalue weighted by Crippen LogP contribution is -2.35. The number of aromatic nitrogens is 3. The van der Waals surface area contributed by atoms with Gasteiger partial charge >= 0.3 is 11.9 Å². The Bertz CT molecular complexity index is 1060. The first-order valence-electron chi connectivity index (χ1n) is 8.05. The van der Waals surface area contributed by atoms with Crippen LogP contribution in [0.1, 0.15) is 15.9 Å². The molecule has 0 fully saturated rings. The SMILES string of the molecule is O=C(O)c1cccc(-c2cn(-c3cccc4c3CC(C(=O)O)N4O)nn2)c1. The van der Waals surface area contributed by atoms with Crippen molar-refractivity contribution in [2.24, 2.45) is 0 Å². The Morgan fingerprint density at radius 1 is 1.07 bits per heavy atom. The number of aromatic carboxylic acids is 1. The first-order chi connectivity index (χ1) is 13.0. The van der Waals surface area contributed by atoms with Crippen LogP contribution in [0, 0.1) is 0 Å². The molecule has 9 nitrogen and oxygen atoms in total. The summed E-state index contributed by atoms with van der Waals surface area (Å²) in [4.78, 5) is 22.5. The first kappa shape index (κ1) is 16.7. The molecule has 0 bridgehead atoms. The number of carbonyl (C=O) groups is 2. The van der Waals surface area contributed by atoms with Crippen LogP contribution in [-0.4, -0.2) is 48.4 Å². The summed E-state index contributed by atoms with van der Waals surface area (Å²) in [5, 5.41) is 37.4. The standard InChI is InChI=1S/C18H14N4O5/c23-17(24)11-4-1-3-10(7-11)13-9-21(20-19-13)14-5-2-6-15-12(14)8-16(18(25)26)22(15)27/h1-7,9,16,27H,8H2,(H,23,24)(H,25,26). The molecule has 3 aromatic rings. The maximum absolute atomic E-state index is 11.3. The molecular weight excluding hydrogens is 352 g/mol. The second-order valence-corrected chi connectivity index (χ2v) is 6.11. The van der Waals surface area contributed by atoms with Gasteiger partial charge in [0.1, 0.15) is 5.69 Å². The number of hydrogen-bond donors (Lipinski definition) is 3. The normalized spacial score (nSPS) is 15.6. The van der Waals surface area contributed by atoms with Crippen molar-refractivity contribution in [2.75, 3.05) is 5.06 Å². The van der Waals surface area contributed by atoms with E-state index in [9.17, 15) is 19.9 Å². The van der Waals surface area contributed by atoms with Crippen molar-refractivity contribution in [1.29, 1.82) is 0 Å². The predicted octanol–water partition coefficient (Wildman–Crippen LogP) is 1.84. The largest absolute Gasteiger partial charge is 0.480 e. The van der Waals surface area contributed by atoms with E-state index < -0.39 is 18.0 Å². The van der Waals surface area contributed by atoms with E-state index in [4.69, 9.17) is 5.11 Å². The second kappa shape index (κ2) is 6.22. The quantitative estimate of drug-likeness (QED) is 0.638. The zero-order valence-corrected chi connectivity index (χ0v) is 13.9. The first-order valence-corrected chi connectivity index (χ1v) is 8.05. The van der Waals surface area contributed by atoms with E-state index in [2.05, 4.69) is 10.3 Å². The average Bonchev–Trinajstić information content (AvgIpc) is 3.27. The summed E-state index contributed by atoms with van der Waals surface area (Å²) >= 11 is 0. The van der Waals surface area contributed by atoms with E-state index in [0.717, 1.165) is 5.06 Å². The average molecular weight is 366 g/mol. The zero-order chi connectivity index (χ0) is 19.1. The molecule has 0 spiro atoms. The Kier molecular flexibility index (Phi) is 3.85. The summed E-state index contributed by atoms with van der Waals surface area (Å²) in [6.07, 6.45) is 1.76. The molecule has 1 unspecified atom stereocenters. The number of hydroxylamine groups is 1. The Labute approximate surface area is 152 Å². The smallest absolute Gasteiger partial charge is 0.335 e. The molecule has 9 heteroatoms. The molecule has 1 atom stereocenters. The molecule has 1 aliphatic heterocycles. The van der Waals surface area contributed by atoms with Crippen molar-refractivity contribution in [3.63, 3.8) is 0 Å². The lowest BCUT2D eigenvalue weighted by molar-refractivity contribution is -0.139. The fraction of sp³-hybridized carbons (Fsp3) is 0.111. The maximum atomic E-state index is 11.3. The van der Waals surface area contributed by atoms with Gasteiger partial charge in [-0.05, 0) is 24.3 Å². The van der Waals surface area contributed by atoms with Crippen molar-refractivity contribution in [3.8, 4) is 16.9 Å². The molecule has 1 aliphatic rings. The Morgan fingerprint density at radius 2 is 1.81 bits per heavy atom. The van der Waals surface area contributed by atoms with Crippen LogP contribution < -0.4 is 5.06 Å². The number of hydrogen-bond acceptors (Lipinski definition) is 6. The van der Waals surface area contributed by atoms with Gasteiger partial charge < -0.3 is 10.2 Å². The van der Waals surface area contributed by atoms with Crippen LogP contribution in [0.5, 0.6) is 0 Å². The highest BCUT2D eigenvalue weighted by atomic mass is 16.5. The van der Waals surface area contributed by atoms with Gasteiger partial charge in [-0.25, -0.2) is 19.3 Å². The van der Waals surface area contributed by atoms with E-state index in [0.29, 0.717) is 28.2 Å². The summed E-state index contributed by atoms with van der Waals surface area (Å²) in [5.74, 6) is -2.16. The van der Waals surface area contributed by atoms with Gasteiger partial charge in [-0.1, -0.05) is 23.4 Å². The molecule has 0 saturated carbocycles. The number of anilines is 1. The number of fused-ring (bicyclic) bond motifs is 1. The van der Waals surface area contributed by atoms with Gasteiger partial charge in [0.25, 0.3) is 0 Å². The van der Waals surface area contributed by atoms with E-state index in [1.54, 1.807) is 36.5 Å². The number of carboxylic acid groups (broad SMARTS) is 2. The van der Waals surface area contributed by atoms with Gasteiger partial charge in [-0.15, -0.1) is 5.10 Å². The Hall–Kier alpha value is -3.72. The Morgan fingerprint density at radius 3 is 2.56 bits per heavy atom. The minimum Gasteiger partial charge on any atom is -0.480 e. The molecule has 0 aliphatic carbocycles. The predicted molar refractivity (Wildman–Crippen MR) is 93.1 cm³/mol. The fourth-order valence-electron chi connectivity index (χ4n) is 3.17. The lowest BCUT2D eigenvalue weighted by atomic mass is 10.1. The summed E-state index contributed by atoms with van der Waals surface area (Å²) in [6.45, 7) is 0. The number of aliphatic carboxylic acids is 1. The van der Waals surface area contributed by atoms with E-state index in [-0.39, 0.29) is 12.0 Å². The molecule has 2 aromatic carbocycles. The third kappa shape index (κ3) is 2.79. The van der Waals surface area contributed by atoms with E-state index in [1.807, 2.05) is 0 Å². The topological polar surface area (TPSA) is 129 Å². The van der Waals surface area contributed by atoms with Gasteiger partial charge in [-0.2, -0.15) is 0 Å². The van der Waals surface area contributed by atoms with Crippen molar-refractivity contribution in [1.82, 2.24) is 15.0 Å². The third-order valence-electron chi connectivity index (χ3n) is 4.50. The van der Waals surface area contributed by atoms with Crippen molar-refractivity contribution < 1.29 is 25.0 Å². The molecule has 2 heterocycles. The third-order valence-corrected chi connectivity index (χ3v) is 4.50. The molecular formula is C18H14N4O5. The van der Waals surface area contributed by atoms with Crippen LogP contribution in [0.2, 0.25) is 0 Å². The summed E-state index contributed by atoms with van der Waals surface area (Å²) in [5.41, 5.74) is 2.87. The Balaban J connectivity index is 1.73. The van der Waals surface area contributed by atoms with Crippen LogP contribution in [0.3, 0.4) is 0 Å². The van der Waals surface area contributed by atoms with E-state index >= 15 is 0 Å². The lowest BCUT2D eigenvalue weighted by Gasteiger charge is -2.15. The molecule has 1 aromatic heterocycles.